The van der Waals surface area contributed by atoms with Crippen molar-refractivity contribution in [3.63, 3.8) is 0 Å². The van der Waals surface area contributed by atoms with Gasteiger partial charge in [0.25, 0.3) is 0 Å². The van der Waals surface area contributed by atoms with Crippen LogP contribution in [-0.2, 0) is 4.74 Å². The maximum atomic E-state index is 5.65. The molecule has 0 radical (unpaired) electrons. The van der Waals surface area contributed by atoms with Gasteiger partial charge in [-0.1, -0.05) is 0 Å². The number of hydrogen-bond donors (Lipinski definition) is 1. The molecule has 0 aromatic carbocycles. The van der Waals surface area contributed by atoms with Crippen LogP contribution in [0.25, 0.3) is 0 Å². The van der Waals surface area contributed by atoms with E-state index in [-0.39, 0.29) is 0 Å². The van der Waals surface area contributed by atoms with Crippen LogP contribution in [-0.4, -0.2) is 48.8 Å². The predicted octanol–water partition coefficient (Wildman–Crippen LogP) is 1.38. The van der Waals surface area contributed by atoms with Gasteiger partial charge in [-0.05, 0) is 45.6 Å². The van der Waals surface area contributed by atoms with Gasteiger partial charge in [0.1, 0.15) is 0 Å². The second-order valence-electron chi connectivity index (χ2n) is 5.78. The van der Waals surface area contributed by atoms with E-state index in [9.17, 15) is 0 Å². The summed E-state index contributed by atoms with van der Waals surface area (Å²) in [5.41, 5.74) is 0. The summed E-state index contributed by atoms with van der Waals surface area (Å²) in [6.45, 7) is 5.75. The molecule has 3 rings (SSSR count). The highest BCUT2D eigenvalue weighted by molar-refractivity contribution is 4.92. The summed E-state index contributed by atoms with van der Waals surface area (Å²) in [6, 6.07) is 2.36. The molecule has 3 saturated heterocycles. The Balaban J connectivity index is 1.61. The zero-order valence-corrected chi connectivity index (χ0v) is 10.3. The fraction of sp³-hybridized carbons (Fsp3) is 1.00. The molecule has 3 heterocycles. The SMILES string of the molecule is CC1CC(N2CCC3CCC(C2)N3)CCO1. The summed E-state index contributed by atoms with van der Waals surface area (Å²) in [5, 5.41) is 3.76. The molecule has 3 nitrogen and oxygen atoms in total. The van der Waals surface area contributed by atoms with Gasteiger partial charge in [0, 0.05) is 31.3 Å². The monoisotopic (exact) mass is 224 g/mol. The number of likely N-dealkylation sites (tertiary alicyclic amines) is 1. The van der Waals surface area contributed by atoms with Crippen molar-refractivity contribution >= 4 is 0 Å². The highest BCUT2D eigenvalue weighted by Crippen LogP contribution is 2.25. The molecule has 92 valence electrons. The van der Waals surface area contributed by atoms with Crippen LogP contribution in [0.2, 0.25) is 0 Å². The lowest BCUT2D eigenvalue weighted by Gasteiger charge is -2.37. The summed E-state index contributed by atoms with van der Waals surface area (Å²) >= 11 is 0. The third-order valence-corrected chi connectivity index (χ3v) is 4.53. The average Bonchev–Trinajstić information content (AvgIpc) is 2.58. The Kier molecular flexibility index (Phi) is 3.18. The van der Waals surface area contributed by atoms with Crippen LogP contribution < -0.4 is 5.32 Å². The normalized spacial score (nSPS) is 45.6. The minimum atomic E-state index is 0.465. The molecule has 3 fully saturated rings. The van der Waals surface area contributed by atoms with E-state index in [4.69, 9.17) is 4.74 Å². The minimum Gasteiger partial charge on any atom is -0.378 e. The molecule has 16 heavy (non-hydrogen) atoms. The Morgan fingerprint density at radius 1 is 1.12 bits per heavy atom. The molecular weight excluding hydrogens is 200 g/mol. The molecule has 4 unspecified atom stereocenters. The smallest absolute Gasteiger partial charge is 0.0561 e. The highest BCUT2D eigenvalue weighted by atomic mass is 16.5. The van der Waals surface area contributed by atoms with E-state index in [2.05, 4.69) is 17.1 Å². The first-order chi connectivity index (χ1) is 7.81. The van der Waals surface area contributed by atoms with Gasteiger partial charge in [-0.3, -0.25) is 4.90 Å². The maximum Gasteiger partial charge on any atom is 0.0561 e. The summed E-state index contributed by atoms with van der Waals surface area (Å²) in [5.74, 6) is 0. The fourth-order valence-electron chi connectivity index (χ4n) is 3.61. The van der Waals surface area contributed by atoms with Gasteiger partial charge in [0.15, 0.2) is 0 Å². The van der Waals surface area contributed by atoms with Crippen LogP contribution in [0.3, 0.4) is 0 Å². The molecule has 3 aliphatic heterocycles. The molecule has 4 atom stereocenters. The fourth-order valence-corrected chi connectivity index (χ4v) is 3.61. The van der Waals surface area contributed by atoms with E-state index in [1.54, 1.807) is 0 Å². The predicted molar refractivity (Wildman–Crippen MR) is 64.6 cm³/mol. The van der Waals surface area contributed by atoms with Crippen molar-refractivity contribution in [1.29, 1.82) is 0 Å². The third kappa shape index (κ3) is 2.27. The van der Waals surface area contributed by atoms with Crippen LogP contribution in [0.5, 0.6) is 0 Å². The van der Waals surface area contributed by atoms with Gasteiger partial charge in [0.05, 0.1) is 6.10 Å². The van der Waals surface area contributed by atoms with Gasteiger partial charge in [-0.2, -0.15) is 0 Å². The second kappa shape index (κ2) is 4.63. The molecule has 0 amide bonds. The lowest BCUT2D eigenvalue weighted by molar-refractivity contribution is -0.0182. The zero-order valence-electron chi connectivity index (χ0n) is 10.3. The molecule has 0 aromatic rings. The summed E-state index contributed by atoms with van der Waals surface area (Å²) in [6.07, 6.45) is 7.08. The molecule has 0 saturated carbocycles. The maximum absolute atomic E-state index is 5.65. The van der Waals surface area contributed by atoms with E-state index in [0.717, 1.165) is 24.7 Å². The number of nitrogens with one attached hydrogen (secondary N) is 1. The Morgan fingerprint density at radius 2 is 2.00 bits per heavy atom. The van der Waals surface area contributed by atoms with Crippen LogP contribution in [0.15, 0.2) is 0 Å². The largest absolute Gasteiger partial charge is 0.378 e. The number of nitrogens with zero attached hydrogens (tertiary/aromatic N) is 1. The molecular formula is C13H24N2O. The first kappa shape index (κ1) is 11.0. The van der Waals surface area contributed by atoms with E-state index in [1.165, 1.54) is 45.2 Å². The van der Waals surface area contributed by atoms with Crippen molar-refractivity contribution < 1.29 is 4.74 Å². The lowest BCUT2D eigenvalue weighted by atomic mass is 10.00. The highest BCUT2D eigenvalue weighted by Gasteiger charge is 2.33. The van der Waals surface area contributed by atoms with Crippen molar-refractivity contribution in [2.24, 2.45) is 0 Å². The van der Waals surface area contributed by atoms with Crippen molar-refractivity contribution in [2.45, 2.75) is 63.3 Å². The van der Waals surface area contributed by atoms with Crippen molar-refractivity contribution in [2.75, 3.05) is 19.7 Å². The second-order valence-corrected chi connectivity index (χ2v) is 5.78. The van der Waals surface area contributed by atoms with E-state index < -0.39 is 0 Å². The van der Waals surface area contributed by atoms with Crippen LogP contribution in [0, 0.1) is 0 Å². The zero-order chi connectivity index (χ0) is 11.0. The van der Waals surface area contributed by atoms with Gasteiger partial charge >= 0.3 is 0 Å². The van der Waals surface area contributed by atoms with Gasteiger partial charge in [-0.25, -0.2) is 0 Å². The third-order valence-electron chi connectivity index (χ3n) is 4.53. The first-order valence-electron chi connectivity index (χ1n) is 6.93. The van der Waals surface area contributed by atoms with E-state index in [0.29, 0.717) is 6.10 Å². The Labute approximate surface area is 98.5 Å². The Morgan fingerprint density at radius 3 is 2.88 bits per heavy atom. The van der Waals surface area contributed by atoms with Crippen molar-refractivity contribution in [1.82, 2.24) is 10.2 Å². The van der Waals surface area contributed by atoms with Crippen LogP contribution in [0.1, 0.15) is 39.0 Å². The van der Waals surface area contributed by atoms with Gasteiger partial charge in [-0.15, -0.1) is 0 Å². The van der Waals surface area contributed by atoms with Gasteiger partial charge < -0.3 is 10.1 Å². The Hall–Kier alpha value is -0.120. The molecule has 2 bridgehead atoms. The van der Waals surface area contributed by atoms with E-state index >= 15 is 0 Å². The first-order valence-corrected chi connectivity index (χ1v) is 6.93. The van der Waals surface area contributed by atoms with Crippen LogP contribution >= 0.6 is 0 Å². The summed E-state index contributed by atoms with van der Waals surface area (Å²) in [4.78, 5) is 2.73. The number of rotatable bonds is 1. The van der Waals surface area contributed by atoms with Gasteiger partial charge in [0.2, 0.25) is 0 Å². The number of fused-ring (bicyclic) bond motifs is 2. The lowest BCUT2D eigenvalue weighted by Crippen LogP contribution is -2.45. The molecule has 1 N–H and O–H groups in total. The average molecular weight is 224 g/mol. The minimum absolute atomic E-state index is 0.465. The van der Waals surface area contributed by atoms with Crippen molar-refractivity contribution in [3.05, 3.63) is 0 Å². The Bertz CT molecular complexity index is 246. The summed E-state index contributed by atoms with van der Waals surface area (Å²) < 4.78 is 5.65. The number of ether oxygens (including phenoxy) is 1. The number of hydrogen-bond acceptors (Lipinski definition) is 3. The standard InChI is InChI=1S/C13H24N2O/c1-10-8-13(5-7-16-10)15-6-4-11-2-3-12(9-15)14-11/h10-14H,2-9H2,1H3. The quantitative estimate of drug-likeness (QED) is 0.728. The molecule has 3 aliphatic rings. The van der Waals surface area contributed by atoms with Crippen LogP contribution in [0.4, 0.5) is 0 Å². The topological polar surface area (TPSA) is 24.5 Å². The molecule has 0 spiro atoms. The summed E-state index contributed by atoms with van der Waals surface area (Å²) in [7, 11) is 0. The molecule has 0 aliphatic carbocycles. The molecule has 3 heteroatoms. The molecule has 0 aromatic heterocycles. The van der Waals surface area contributed by atoms with E-state index in [1.807, 2.05) is 0 Å². The van der Waals surface area contributed by atoms with Crippen molar-refractivity contribution in [3.8, 4) is 0 Å².